The Morgan fingerprint density at radius 1 is 0.917 bits per heavy atom. The topological polar surface area (TPSA) is 74.6 Å². The molecule has 0 unspecified atom stereocenters. The summed E-state index contributed by atoms with van der Waals surface area (Å²) in [5.74, 6) is -1.49. The molecule has 0 aromatic rings. The Labute approximate surface area is 68.9 Å². The van der Waals surface area contributed by atoms with Crippen LogP contribution in [0.1, 0.15) is 26.7 Å². The summed E-state index contributed by atoms with van der Waals surface area (Å²) < 4.78 is 0. The van der Waals surface area contributed by atoms with E-state index >= 15 is 0 Å². The van der Waals surface area contributed by atoms with Crippen molar-refractivity contribution in [3.63, 3.8) is 0 Å². The molecule has 0 fully saturated rings. The van der Waals surface area contributed by atoms with Crippen LogP contribution in [-0.4, -0.2) is 22.2 Å². The zero-order valence-electron chi connectivity index (χ0n) is 6.94. The highest BCUT2D eigenvalue weighted by molar-refractivity contribution is 5.66. The predicted molar refractivity (Wildman–Crippen MR) is 40.9 cm³/mol. The normalized spacial score (nSPS) is 6.17. The summed E-state index contributed by atoms with van der Waals surface area (Å²) in [4.78, 5) is 18.7. The van der Waals surface area contributed by atoms with Crippen LogP contribution in [0.15, 0.2) is 0 Å². The van der Waals surface area contributed by atoms with E-state index in [-0.39, 0.29) is 22.3 Å². The Balaban J connectivity index is -0.0000000457. The Hall–Kier alpha value is -1.20. The molecule has 0 heterocycles. The zero-order chi connectivity index (χ0) is 8.57. The maximum absolute atomic E-state index is 9.37. The second kappa shape index (κ2) is 16.4. The fourth-order valence-corrected chi connectivity index (χ4v) is 0. The predicted octanol–water partition coefficient (Wildman–Crippen LogP) is 1.27. The van der Waals surface area contributed by atoms with Crippen LogP contribution in [0.3, 0.4) is 0 Å². The number of carboxylic acids is 2. The molecule has 0 aliphatic rings. The molecule has 0 atom stereocenters. The molecule has 0 saturated heterocycles. The summed E-state index contributed by atoms with van der Waals surface area (Å²) in [6, 6.07) is 0. The van der Waals surface area contributed by atoms with Crippen molar-refractivity contribution >= 4 is 11.9 Å². The van der Waals surface area contributed by atoms with E-state index < -0.39 is 11.9 Å². The van der Waals surface area contributed by atoms with Crippen molar-refractivity contribution in [2.24, 2.45) is 0 Å². The van der Waals surface area contributed by atoms with E-state index in [1.165, 1.54) is 0 Å². The third kappa shape index (κ3) is 68.3. The van der Waals surface area contributed by atoms with Crippen LogP contribution in [0.2, 0.25) is 0 Å². The Morgan fingerprint density at radius 2 is 1.00 bits per heavy atom. The minimum atomic E-state index is -0.745. The monoisotopic (exact) mass is 188 g/mol. The molecule has 76 valence electrons. The average molecular weight is 188 g/mol. The molecule has 4 nitrogen and oxygen atoms in total. The molecule has 12 heavy (non-hydrogen) atoms. The number of hydrogen-bond acceptors (Lipinski definition) is 2. The number of rotatable bonds is 2. The van der Waals surface area contributed by atoms with E-state index in [4.69, 9.17) is 10.2 Å². The van der Waals surface area contributed by atoms with Gasteiger partial charge in [0.05, 0.1) is 0 Å². The van der Waals surface area contributed by atoms with Crippen LogP contribution in [0.4, 0.5) is 9.41 Å². The zero-order valence-corrected chi connectivity index (χ0v) is 6.94. The van der Waals surface area contributed by atoms with Crippen LogP contribution >= 0.6 is 0 Å². The number of carbonyl (C=O) groups is 2. The Bertz CT molecular complexity index is 102. The van der Waals surface area contributed by atoms with E-state index in [1.807, 2.05) is 0 Å². The summed E-state index contributed by atoms with van der Waals surface area (Å²) in [7, 11) is 0. The van der Waals surface area contributed by atoms with Gasteiger partial charge in [-0.25, -0.2) is 0 Å². The van der Waals surface area contributed by atoms with Gasteiger partial charge < -0.3 is 10.2 Å². The van der Waals surface area contributed by atoms with Crippen LogP contribution in [-0.2, 0) is 9.59 Å². The minimum absolute atomic E-state index is 0. The smallest absolute Gasteiger partial charge is 0.303 e. The van der Waals surface area contributed by atoms with Gasteiger partial charge in [-0.15, -0.1) is 0 Å². The third-order valence-electron chi connectivity index (χ3n) is 0.605. The summed E-state index contributed by atoms with van der Waals surface area (Å²) in [6.07, 6.45) is 0.444. The van der Waals surface area contributed by atoms with Gasteiger partial charge in [0.15, 0.2) is 0 Å². The van der Waals surface area contributed by atoms with E-state index in [9.17, 15) is 9.59 Å². The Kier molecular flexibility index (Phi) is 30.7. The molecule has 2 N–H and O–H groups in total. The quantitative estimate of drug-likeness (QED) is 0.684. The van der Waals surface area contributed by atoms with Crippen LogP contribution in [0.25, 0.3) is 0 Å². The van der Waals surface area contributed by atoms with Crippen molar-refractivity contribution in [2.45, 2.75) is 26.7 Å². The highest BCUT2D eigenvalue weighted by atomic mass is 19.0. The first-order valence-electron chi connectivity index (χ1n) is 2.98. The molecule has 0 aromatic carbocycles. The maximum Gasteiger partial charge on any atom is 0.303 e. The SMILES string of the molecule is CCC(=O)O.CCC(=O)O.F.F. The molecule has 0 aliphatic carbocycles. The van der Waals surface area contributed by atoms with E-state index in [0.29, 0.717) is 0 Å². The van der Waals surface area contributed by atoms with Crippen molar-refractivity contribution in [1.82, 2.24) is 0 Å². The fraction of sp³-hybridized carbons (Fsp3) is 0.667. The third-order valence-corrected chi connectivity index (χ3v) is 0.605. The lowest BCUT2D eigenvalue weighted by Crippen LogP contribution is -1.86. The van der Waals surface area contributed by atoms with E-state index in [1.54, 1.807) is 13.8 Å². The lowest BCUT2D eigenvalue weighted by molar-refractivity contribution is -0.137. The van der Waals surface area contributed by atoms with Gasteiger partial charge in [0, 0.05) is 12.8 Å². The first-order chi connectivity index (χ1) is 4.54. The first kappa shape index (κ1) is 22.4. The lowest BCUT2D eigenvalue weighted by atomic mass is 10.5. The molecule has 0 bridgehead atoms. The molecule has 0 rings (SSSR count). The molecule has 6 heteroatoms. The van der Waals surface area contributed by atoms with Crippen molar-refractivity contribution in [3.8, 4) is 0 Å². The first-order valence-corrected chi connectivity index (χ1v) is 2.98. The number of carboxylic acid groups (broad SMARTS) is 2. The van der Waals surface area contributed by atoms with Gasteiger partial charge in [0.1, 0.15) is 0 Å². The van der Waals surface area contributed by atoms with Gasteiger partial charge in [-0.3, -0.25) is 19.0 Å². The molecule has 0 radical (unpaired) electrons. The second-order valence-corrected chi connectivity index (χ2v) is 1.49. The fourth-order valence-electron chi connectivity index (χ4n) is 0. The van der Waals surface area contributed by atoms with E-state index in [0.717, 1.165) is 0 Å². The summed E-state index contributed by atoms with van der Waals surface area (Å²) in [5, 5.41) is 15.4. The maximum atomic E-state index is 9.37. The van der Waals surface area contributed by atoms with Crippen molar-refractivity contribution in [1.29, 1.82) is 0 Å². The van der Waals surface area contributed by atoms with Crippen LogP contribution < -0.4 is 0 Å². The lowest BCUT2D eigenvalue weighted by Gasteiger charge is -1.71. The summed E-state index contributed by atoms with van der Waals surface area (Å²) in [5.41, 5.74) is 0. The van der Waals surface area contributed by atoms with Crippen molar-refractivity contribution < 1.29 is 29.2 Å². The molecular weight excluding hydrogens is 174 g/mol. The molecular formula is C6H14F2O4. The largest absolute Gasteiger partial charge is 0.481 e. The van der Waals surface area contributed by atoms with E-state index in [2.05, 4.69) is 0 Å². The average Bonchev–Trinajstić information content (AvgIpc) is 1.89. The highest BCUT2D eigenvalue weighted by Gasteiger charge is 1.81. The Morgan fingerprint density at radius 3 is 1.00 bits per heavy atom. The number of halogens is 2. The van der Waals surface area contributed by atoms with Crippen LogP contribution in [0.5, 0.6) is 0 Å². The molecule has 0 aliphatic heterocycles. The van der Waals surface area contributed by atoms with Gasteiger partial charge >= 0.3 is 11.9 Å². The second-order valence-electron chi connectivity index (χ2n) is 1.49. The van der Waals surface area contributed by atoms with Crippen LogP contribution in [0, 0.1) is 0 Å². The molecule has 0 spiro atoms. The summed E-state index contributed by atoms with van der Waals surface area (Å²) >= 11 is 0. The van der Waals surface area contributed by atoms with Gasteiger partial charge in [-0.2, -0.15) is 0 Å². The van der Waals surface area contributed by atoms with Crippen molar-refractivity contribution in [3.05, 3.63) is 0 Å². The highest BCUT2D eigenvalue weighted by Crippen LogP contribution is 1.67. The van der Waals surface area contributed by atoms with Crippen molar-refractivity contribution in [2.75, 3.05) is 0 Å². The molecule has 0 amide bonds. The van der Waals surface area contributed by atoms with Gasteiger partial charge in [0.2, 0.25) is 0 Å². The standard InChI is InChI=1S/2C3H6O2.2FH/c2*1-2-3(4)5;;/h2*2H2,1H3,(H,4,5);2*1H. The molecule has 0 aromatic heterocycles. The summed E-state index contributed by atoms with van der Waals surface area (Å²) in [6.45, 7) is 3.20. The molecule has 0 saturated carbocycles. The minimum Gasteiger partial charge on any atom is -0.481 e. The van der Waals surface area contributed by atoms with Gasteiger partial charge in [-0.1, -0.05) is 13.8 Å². The number of hydrogen-bond donors (Lipinski definition) is 2. The van der Waals surface area contributed by atoms with Gasteiger partial charge in [-0.05, 0) is 0 Å². The number of aliphatic carboxylic acids is 2. The van der Waals surface area contributed by atoms with Gasteiger partial charge in [0.25, 0.3) is 0 Å².